The molecule has 52 heavy (non-hydrogen) atoms. The Balaban J connectivity index is 1.33. The Kier molecular flexibility index (Phi) is 9.80. The SMILES string of the molecule is CCCCCCC1(CCCCCC)c2cc(C)ccc2-c2ccc(-c3cc(-c4ccc(C)c5nsnc45)cc(-c4ccc(C)c5nsnc45)c3)cc21. The summed E-state index contributed by atoms with van der Waals surface area (Å²) in [5.74, 6) is 0. The third kappa shape index (κ3) is 6.18. The van der Waals surface area contributed by atoms with Crippen LogP contribution in [0.2, 0.25) is 0 Å². The number of benzene rings is 5. The second kappa shape index (κ2) is 14.6. The van der Waals surface area contributed by atoms with E-state index < -0.39 is 0 Å². The van der Waals surface area contributed by atoms with Gasteiger partial charge in [-0.05, 0) is 114 Å². The van der Waals surface area contributed by atoms with Crippen LogP contribution in [0, 0.1) is 20.8 Å². The van der Waals surface area contributed by atoms with Crippen molar-refractivity contribution >= 4 is 45.5 Å². The van der Waals surface area contributed by atoms with Crippen molar-refractivity contribution in [2.45, 2.75) is 104 Å². The van der Waals surface area contributed by atoms with Gasteiger partial charge in [-0.15, -0.1) is 0 Å². The second-order valence-corrected chi connectivity index (χ2v) is 16.2. The predicted molar refractivity (Wildman–Crippen MR) is 223 cm³/mol. The van der Waals surface area contributed by atoms with E-state index >= 15 is 0 Å². The van der Waals surface area contributed by atoms with E-state index in [9.17, 15) is 0 Å². The molecule has 5 aromatic carbocycles. The fourth-order valence-electron chi connectivity index (χ4n) is 8.71. The lowest BCUT2D eigenvalue weighted by molar-refractivity contribution is 0.401. The van der Waals surface area contributed by atoms with Crippen molar-refractivity contribution in [2.24, 2.45) is 0 Å². The fraction of sp³-hybridized carbons (Fsp3) is 0.348. The van der Waals surface area contributed by atoms with Crippen LogP contribution in [0.3, 0.4) is 0 Å². The molecule has 264 valence electrons. The Labute approximate surface area is 317 Å². The van der Waals surface area contributed by atoms with Gasteiger partial charge < -0.3 is 0 Å². The minimum absolute atomic E-state index is 0.0272. The average molecular weight is 721 g/mol. The Hall–Kier alpha value is -4.26. The van der Waals surface area contributed by atoms with Crippen molar-refractivity contribution in [1.29, 1.82) is 0 Å². The molecule has 0 radical (unpaired) electrons. The molecule has 2 aromatic heterocycles. The van der Waals surface area contributed by atoms with Gasteiger partial charge in [0.1, 0.15) is 22.1 Å². The highest BCUT2D eigenvalue weighted by Crippen LogP contribution is 2.55. The maximum Gasteiger partial charge on any atom is 0.112 e. The van der Waals surface area contributed by atoms with Gasteiger partial charge >= 0.3 is 0 Å². The smallest absolute Gasteiger partial charge is 0.112 e. The molecular formula is C46H48N4S2. The molecule has 7 aromatic rings. The van der Waals surface area contributed by atoms with Crippen LogP contribution >= 0.6 is 23.5 Å². The fourth-order valence-corrected chi connectivity index (χ4v) is 9.95. The molecule has 0 amide bonds. The maximum absolute atomic E-state index is 4.80. The molecular weight excluding hydrogens is 673 g/mol. The zero-order chi connectivity index (χ0) is 35.8. The molecule has 8 rings (SSSR count). The van der Waals surface area contributed by atoms with E-state index in [-0.39, 0.29) is 5.41 Å². The molecule has 1 aliphatic rings. The van der Waals surface area contributed by atoms with E-state index in [4.69, 9.17) is 8.75 Å². The number of aryl methyl sites for hydroxylation is 3. The van der Waals surface area contributed by atoms with Crippen LogP contribution in [0.15, 0.2) is 78.9 Å². The van der Waals surface area contributed by atoms with Gasteiger partial charge in [0.2, 0.25) is 0 Å². The molecule has 0 spiro atoms. The van der Waals surface area contributed by atoms with E-state index in [1.165, 1.54) is 121 Å². The Morgan fingerprint density at radius 1 is 0.442 bits per heavy atom. The van der Waals surface area contributed by atoms with Crippen molar-refractivity contribution < 1.29 is 0 Å². The molecule has 0 N–H and O–H groups in total. The maximum atomic E-state index is 4.80. The highest BCUT2D eigenvalue weighted by molar-refractivity contribution is 7.00. The van der Waals surface area contributed by atoms with Gasteiger partial charge in [0.05, 0.1) is 23.5 Å². The van der Waals surface area contributed by atoms with Crippen molar-refractivity contribution in [3.8, 4) is 44.5 Å². The molecule has 0 unspecified atom stereocenters. The summed E-state index contributed by atoms with van der Waals surface area (Å²) in [4.78, 5) is 0. The van der Waals surface area contributed by atoms with E-state index in [2.05, 4.69) is 122 Å². The third-order valence-corrected chi connectivity index (χ3v) is 12.6. The summed E-state index contributed by atoms with van der Waals surface area (Å²) in [6.45, 7) is 11.1. The summed E-state index contributed by atoms with van der Waals surface area (Å²) in [5, 5.41) is 0. The molecule has 0 aliphatic heterocycles. The zero-order valence-corrected chi connectivity index (χ0v) is 32.8. The van der Waals surface area contributed by atoms with Crippen LogP contribution in [0.1, 0.15) is 106 Å². The van der Waals surface area contributed by atoms with Crippen molar-refractivity contribution in [3.05, 3.63) is 107 Å². The van der Waals surface area contributed by atoms with Gasteiger partial charge in [-0.2, -0.15) is 17.5 Å². The van der Waals surface area contributed by atoms with Crippen LogP contribution in [-0.2, 0) is 5.41 Å². The van der Waals surface area contributed by atoms with Gasteiger partial charge in [0.25, 0.3) is 0 Å². The van der Waals surface area contributed by atoms with Gasteiger partial charge in [-0.3, -0.25) is 0 Å². The zero-order valence-electron chi connectivity index (χ0n) is 31.2. The van der Waals surface area contributed by atoms with Crippen LogP contribution in [-0.4, -0.2) is 17.5 Å². The quantitative estimate of drug-likeness (QED) is 0.111. The lowest BCUT2D eigenvalue weighted by Crippen LogP contribution is -2.25. The predicted octanol–water partition coefficient (Wildman–Crippen LogP) is 13.8. The highest BCUT2D eigenvalue weighted by atomic mass is 32.1. The van der Waals surface area contributed by atoms with E-state index in [0.717, 1.165) is 55.4 Å². The Bertz CT molecular complexity index is 2290. The minimum atomic E-state index is 0.0272. The molecule has 0 bridgehead atoms. The number of nitrogens with zero attached hydrogens (tertiary/aromatic N) is 4. The number of hydrogen-bond acceptors (Lipinski definition) is 6. The molecule has 0 atom stereocenters. The summed E-state index contributed by atoms with van der Waals surface area (Å²) in [6.07, 6.45) is 12.6. The molecule has 0 fully saturated rings. The molecule has 0 saturated carbocycles. The molecule has 0 saturated heterocycles. The summed E-state index contributed by atoms with van der Waals surface area (Å²) < 4.78 is 19.0. The number of hydrogen-bond donors (Lipinski definition) is 0. The van der Waals surface area contributed by atoms with Crippen molar-refractivity contribution in [3.63, 3.8) is 0 Å². The molecule has 1 aliphatic carbocycles. The number of aromatic nitrogens is 4. The monoisotopic (exact) mass is 720 g/mol. The first-order valence-corrected chi connectivity index (χ1v) is 20.7. The summed E-state index contributed by atoms with van der Waals surface area (Å²) in [7, 11) is 0. The van der Waals surface area contributed by atoms with Crippen LogP contribution in [0.5, 0.6) is 0 Å². The van der Waals surface area contributed by atoms with Crippen molar-refractivity contribution in [1.82, 2.24) is 17.5 Å². The second-order valence-electron chi connectivity index (χ2n) is 15.1. The highest BCUT2D eigenvalue weighted by Gasteiger charge is 2.42. The van der Waals surface area contributed by atoms with Crippen LogP contribution in [0.4, 0.5) is 0 Å². The summed E-state index contributed by atoms with van der Waals surface area (Å²) in [6, 6.07) is 30.4. The lowest BCUT2D eigenvalue weighted by atomic mass is 9.70. The van der Waals surface area contributed by atoms with Gasteiger partial charge in [-0.1, -0.05) is 125 Å². The van der Waals surface area contributed by atoms with E-state index in [1.54, 1.807) is 5.56 Å². The number of rotatable bonds is 13. The molecule has 2 heterocycles. The average Bonchev–Trinajstić information content (AvgIpc) is 3.91. The largest absolute Gasteiger partial charge is 0.173 e. The topological polar surface area (TPSA) is 51.6 Å². The first-order chi connectivity index (χ1) is 25.4. The number of unbranched alkanes of at least 4 members (excludes halogenated alkanes) is 6. The number of fused-ring (bicyclic) bond motifs is 5. The summed E-state index contributed by atoms with van der Waals surface area (Å²) >= 11 is 2.58. The first-order valence-electron chi connectivity index (χ1n) is 19.3. The van der Waals surface area contributed by atoms with E-state index in [0.29, 0.717) is 0 Å². The summed E-state index contributed by atoms with van der Waals surface area (Å²) in [5.41, 5.74) is 20.5. The van der Waals surface area contributed by atoms with E-state index in [1.807, 2.05) is 0 Å². The van der Waals surface area contributed by atoms with Crippen LogP contribution < -0.4 is 0 Å². The van der Waals surface area contributed by atoms with Crippen molar-refractivity contribution in [2.75, 3.05) is 0 Å². The van der Waals surface area contributed by atoms with Gasteiger partial charge in [-0.25, -0.2) is 0 Å². The lowest BCUT2D eigenvalue weighted by Gasteiger charge is -2.33. The Morgan fingerprint density at radius 3 is 1.48 bits per heavy atom. The normalized spacial score (nSPS) is 13.2. The Morgan fingerprint density at radius 2 is 0.923 bits per heavy atom. The molecule has 4 nitrogen and oxygen atoms in total. The standard InChI is InChI=1S/C46H48N4S2/c1-6-8-10-12-22-46(23-13-11-9-7-2)40-24-29(3)14-18-38(40)39-21-17-32(28-41(39)46)33-25-34(36-19-15-30(4)42-44(36)49-51-47-42)27-35(26-33)37-20-16-31(5)43-45(37)50-52-48-43/h14-21,24-28H,6-13,22-23H2,1-5H3. The van der Waals surface area contributed by atoms with Gasteiger partial charge in [0.15, 0.2) is 0 Å². The van der Waals surface area contributed by atoms with Crippen LogP contribution in [0.25, 0.3) is 66.6 Å². The molecule has 6 heteroatoms. The minimum Gasteiger partial charge on any atom is -0.173 e. The van der Waals surface area contributed by atoms with Gasteiger partial charge in [0, 0.05) is 16.5 Å². The first kappa shape index (κ1) is 34.8. The third-order valence-electron chi connectivity index (χ3n) is 11.6.